The Balaban J connectivity index is 2.12. The molecule has 1 atom stereocenters. The molecule has 0 N–H and O–H groups in total. The summed E-state index contributed by atoms with van der Waals surface area (Å²) in [4.78, 5) is 6.77. The number of nitrogens with zero attached hydrogens (tertiary/aromatic N) is 2. The van der Waals surface area contributed by atoms with Gasteiger partial charge in [0.25, 0.3) is 0 Å². The second-order valence-electron chi connectivity index (χ2n) is 4.80. The first-order valence-corrected chi connectivity index (χ1v) is 6.50. The van der Waals surface area contributed by atoms with E-state index in [0.29, 0.717) is 0 Å². The molecule has 1 aromatic carbocycles. The Hall–Kier alpha value is -2.05. The predicted molar refractivity (Wildman–Crippen MR) is 77.3 cm³/mol. The molecule has 3 nitrogen and oxygen atoms in total. The molecular formula is C16H16N2O. The first kappa shape index (κ1) is 12.0. The molecule has 1 aliphatic rings. The van der Waals surface area contributed by atoms with Crippen molar-refractivity contribution in [2.45, 2.75) is 13.0 Å². The SMILES string of the molecule is C#Cc1ccc(N2CCOC(C)C2)c2cccnc12. The van der Waals surface area contributed by atoms with Crippen molar-refractivity contribution in [3.05, 3.63) is 36.0 Å². The minimum absolute atomic E-state index is 0.257. The zero-order valence-electron chi connectivity index (χ0n) is 11.0. The molecule has 2 aromatic rings. The van der Waals surface area contributed by atoms with Crippen LogP contribution in [0.4, 0.5) is 5.69 Å². The highest BCUT2D eigenvalue weighted by atomic mass is 16.5. The Labute approximate surface area is 113 Å². The molecule has 1 saturated heterocycles. The van der Waals surface area contributed by atoms with E-state index in [1.165, 1.54) is 5.69 Å². The highest BCUT2D eigenvalue weighted by Crippen LogP contribution is 2.29. The summed E-state index contributed by atoms with van der Waals surface area (Å²) in [6.07, 6.45) is 7.59. The first-order valence-electron chi connectivity index (χ1n) is 6.50. The van der Waals surface area contributed by atoms with Gasteiger partial charge in [-0.1, -0.05) is 5.92 Å². The van der Waals surface area contributed by atoms with Crippen LogP contribution in [0.15, 0.2) is 30.5 Å². The van der Waals surface area contributed by atoms with Crippen LogP contribution in [-0.4, -0.2) is 30.8 Å². The Morgan fingerprint density at radius 1 is 1.42 bits per heavy atom. The largest absolute Gasteiger partial charge is 0.375 e. The Kier molecular flexibility index (Phi) is 3.10. The van der Waals surface area contributed by atoms with Gasteiger partial charge < -0.3 is 9.64 Å². The molecule has 0 bridgehead atoms. The predicted octanol–water partition coefficient (Wildman–Crippen LogP) is 2.44. The minimum atomic E-state index is 0.257. The van der Waals surface area contributed by atoms with Crippen LogP contribution >= 0.6 is 0 Å². The number of hydrogen-bond acceptors (Lipinski definition) is 3. The summed E-state index contributed by atoms with van der Waals surface area (Å²) >= 11 is 0. The fraction of sp³-hybridized carbons (Fsp3) is 0.312. The molecule has 1 aliphatic heterocycles. The lowest BCUT2D eigenvalue weighted by Crippen LogP contribution is -2.41. The van der Waals surface area contributed by atoms with Gasteiger partial charge in [-0.15, -0.1) is 6.42 Å². The van der Waals surface area contributed by atoms with Crippen LogP contribution in [0.2, 0.25) is 0 Å². The van der Waals surface area contributed by atoms with Gasteiger partial charge in [0.05, 0.1) is 23.8 Å². The summed E-state index contributed by atoms with van der Waals surface area (Å²) < 4.78 is 5.60. The normalized spacial score (nSPS) is 19.4. The van der Waals surface area contributed by atoms with Crippen molar-refractivity contribution in [1.29, 1.82) is 0 Å². The topological polar surface area (TPSA) is 25.4 Å². The molecule has 0 amide bonds. The van der Waals surface area contributed by atoms with Crippen LogP contribution in [0.5, 0.6) is 0 Å². The van der Waals surface area contributed by atoms with Gasteiger partial charge in [0.2, 0.25) is 0 Å². The maximum Gasteiger partial charge on any atom is 0.0879 e. The van der Waals surface area contributed by atoms with Crippen LogP contribution in [0, 0.1) is 12.3 Å². The quantitative estimate of drug-likeness (QED) is 0.729. The van der Waals surface area contributed by atoms with Crippen LogP contribution in [0.1, 0.15) is 12.5 Å². The van der Waals surface area contributed by atoms with Gasteiger partial charge in [0.15, 0.2) is 0 Å². The molecule has 19 heavy (non-hydrogen) atoms. The average molecular weight is 252 g/mol. The summed E-state index contributed by atoms with van der Waals surface area (Å²) in [5.41, 5.74) is 2.94. The van der Waals surface area contributed by atoms with Crippen molar-refractivity contribution in [3.63, 3.8) is 0 Å². The van der Waals surface area contributed by atoms with Crippen LogP contribution in [0.3, 0.4) is 0 Å². The summed E-state index contributed by atoms with van der Waals surface area (Å²) in [5, 5.41) is 1.12. The fourth-order valence-electron chi connectivity index (χ4n) is 2.59. The number of aromatic nitrogens is 1. The van der Waals surface area contributed by atoms with Crippen molar-refractivity contribution in [2.75, 3.05) is 24.6 Å². The van der Waals surface area contributed by atoms with E-state index in [0.717, 1.165) is 36.2 Å². The van der Waals surface area contributed by atoms with Crippen LogP contribution in [0.25, 0.3) is 10.9 Å². The monoisotopic (exact) mass is 252 g/mol. The number of ether oxygens (including phenoxy) is 1. The van der Waals surface area contributed by atoms with Crippen molar-refractivity contribution < 1.29 is 4.74 Å². The smallest absolute Gasteiger partial charge is 0.0879 e. The summed E-state index contributed by atoms with van der Waals surface area (Å²) in [5.74, 6) is 2.70. The van der Waals surface area contributed by atoms with Gasteiger partial charge in [-0.2, -0.15) is 0 Å². The highest BCUT2D eigenvalue weighted by molar-refractivity contribution is 5.95. The van der Waals surface area contributed by atoms with E-state index < -0.39 is 0 Å². The molecule has 3 rings (SSSR count). The summed E-state index contributed by atoms with van der Waals surface area (Å²) in [6, 6.07) is 8.11. The standard InChI is InChI=1S/C16H16N2O/c1-3-13-6-7-15(14-5-4-8-17-16(13)14)18-9-10-19-12(2)11-18/h1,4-8,12H,9-11H2,2H3. The minimum Gasteiger partial charge on any atom is -0.375 e. The van der Waals surface area contributed by atoms with E-state index in [1.54, 1.807) is 6.20 Å². The molecule has 1 fully saturated rings. The zero-order chi connectivity index (χ0) is 13.2. The lowest BCUT2D eigenvalue weighted by molar-refractivity contribution is 0.0533. The molecule has 1 aromatic heterocycles. The van der Waals surface area contributed by atoms with E-state index in [2.05, 4.69) is 34.9 Å². The molecule has 96 valence electrons. The Morgan fingerprint density at radius 2 is 2.32 bits per heavy atom. The maximum absolute atomic E-state index is 5.60. The average Bonchev–Trinajstić information content (AvgIpc) is 2.46. The van der Waals surface area contributed by atoms with Gasteiger partial charge in [-0.3, -0.25) is 4.98 Å². The Bertz CT molecular complexity index is 645. The number of pyridine rings is 1. The number of anilines is 1. The van der Waals surface area contributed by atoms with Crippen molar-refractivity contribution >= 4 is 16.6 Å². The van der Waals surface area contributed by atoms with E-state index in [-0.39, 0.29) is 6.10 Å². The second kappa shape index (κ2) is 4.91. The zero-order valence-corrected chi connectivity index (χ0v) is 11.0. The van der Waals surface area contributed by atoms with E-state index in [1.807, 2.05) is 12.1 Å². The maximum atomic E-state index is 5.60. The van der Waals surface area contributed by atoms with Gasteiger partial charge in [0.1, 0.15) is 0 Å². The summed E-state index contributed by atoms with van der Waals surface area (Å²) in [7, 11) is 0. The number of morpholine rings is 1. The summed E-state index contributed by atoms with van der Waals surface area (Å²) in [6.45, 7) is 4.67. The van der Waals surface area contributed by atoms with Crippen molar-refractivity contribution in [3.8, 4) is 12.3 Å². The van der Waals surface area contributed by atoms with Crippen LogP contribution < -0.4 is 4.90 Å². The first-order chi connectivity index (χ1) is 9.29. The second-order valence-corrected chi connectivity index (χ2v) is 4.80. The molecule has 0 spiro atoms. The van der Waals surface area contributed by atoms with Gasteiger partial charge in [0, 0.05) is 30.4 Å². The lowest BCUT2D eigenvalue weighted by Gasteiger charge is -2.33. The third-order valence-electron chi connectivity index (χ3n) is 3.48. The number of benzene rings is 1. The number of rotatable bonds is 1. The molecule has 0 aliphatic carbocycles. The lowest BCUT2D eigenvalue weighted by atomic mass is 10.1. The van der Waals surface area contributed by atoms with Crippen LogP contribution in [-0.2, 0) is 4.74 Å². The molecule has 0 saturated carbocycles. The molecule has 1 unspecified atom stereocenters. The van der Waals surface area contributed by atoms with Gasteiger partial charge in [-0.05, 0) is 31.2 Å². The van der Waals surface area contributed by atoms with E-state index in [4.69, 9.17) is 11.2 Å². The van der Waals surface area contributed by atoms with E-state index in [9.17, 15) is 0 Å². The van der Waals surface area contributed by atoms with Crippen molar-refractivity contribution in [1.82, 2.24) is 4.98 Å². The Morgan fingerprint density at radius 3 is 3.11 bits per heavy atom. The highest BCUT2D eigenvalue weighted by Gasteiger charge is 2.19. The molecular weight excluding hydrogens is 236 g/mol. The molecule has 0 radical (unpaired) electrons. The van der Waals surface area contributed by atoms with Gasteiger partial charge in [-0.25, -0.2) is 0 Å². The molecule has 3 heteroatoms. The fourth-order valence-corrected chi connectivity index (χ4v) is 2.59. The van der Waals surface area contributed by atoms with Crippen molar-refractivity contribution in [2.24, 2.45) is 0 Å². The number of hydrogen-bond donors (Lipinski definition) is 0. The number of fused-ring (bicyclic) bond motifs is 1. The number of terminal acetylenes is 1. The third-order valence-corrected chi connectivity index (χ3v) is 3.48. The molecule has 2 heterocycles. The van der Waals surface area contributed by atoms with Gasteiger partial charge >= 0.3 is 0 Å². The van der Waals surface area contributed by atoms with E-state index >= 15 is 0 Å². The third kappa shape index (κ3) is 2.16.